The summed E-state index contributed by atoms with van der Waals surface area (Å²) in [4.78, 5) is 14.5. The fraction of sp³-hybridized carbons (Fsp3) is 0.345. The van der Waals surface area contributed by atoms with Crippen LogP contribution in [0, 0.1) is 5.92 Å². The van der Waals surface area contributed by atoms with E-state index in [4.69, 9.17) is 0 Å². The van der Waals surface area contributed by atoms with E-state index in [1.54, 1.807) is 12.1 Å². The zero-order valence-corrected chi connectivity index (χ0v) is 22.9. The standard InChI is InChI=1S/C29H36N2O3S2/c1-4-6-12-23(5-2)21-30-29(32)25-19-17-24(18-20-25)22-31(36(3,33)34)27-15-10-11-16-28(27)35-26-13-8-7-9-14-26/h7-11,13-20,23H,4-6,12,21-22H2,1-3H3,(H,30,32)/t23-/m0/s1. The summed E-state index contributed by atoms with van der Waals surface area (Å²) < 4.78 is 27.1. The number of unbranched alkanes of at least 4 members (excludes halogenated alkanes) is 1. The molecule has 1 N–H and O–H groups in total. The van der Waals surface area contributed by atoms with E-state index < -0.39 is 10.0 Å². The van der Waals surface area contributed by atoms with Crippen LogP contribution in [0.4, 0.5) is 5.69 Å². The monoisotopic (exact) mass is 524 g/mol. The van der Waals surface area contributed by atoms with Gasteiger partial charge in [0, 0.05) is 21.9 Å². The van der Waals surface area contributed by atoms with Gasteiger partial charge in [-0.1, -0.05) is 87.3 Å². The largest absolute Gasteiger partial charge is 0.352 e. The molecule has 7 heteroatoms. The van der Waals surface area contributed by atoms with Crippen molar-refractivity contribution >= 4 is 33.4 Å². The molecule has 3 aromatic carbocycles. The molecular formula is C29H36N2O3S2. The predicted molar refractivity (Wildman–Crippen MR) is 150 cm³/mol. The molecule has 0 unspecified atom stereocenters. The maximum Gasteiger partial charge on any atom is 0.251 e. The Morgan fingerprint density at radius 2 is 1.61 bits per heavy atom. The molecule has 0 saturated heterocycles. The van der Waals surface area contributed by atoms with Crippen molar-refractivity contribution in [3.8, 4) is 0 Å². The van der Waals surface area contributed by atoms with E-state index in [9.17, 15) is 13.2 Å². The number of sulfonamides is 1. The number of nitrogens with one attached hydrogen (secondary N) is 1. The summed E-state index contributed by atoms with van der Waals surface area (Å²) in [7, 11) is -3.55. The molecule has 0 saturated carbocycles. The number of anilines is 1. The van der Waals surface area contributed by atoms with Crippen molar-refractivity contribution in [2.75, 3.05) is 17.1 Å². The third-order valence-electron chi connectivity index (χ3n) is 6.14. The van der Waals surface area contributed by atoms with Gasteiger partial charge in [-0.15, -0.1) is 0 Å². The van der Waals surface area contributed by atoms with Gasteiger partial charge in [0.1, 0.15) is 0 Å². The van der Waals surface area contributed by atoms with Gasteiger partial charge >= 0.3 is 0 Å². The van der Waals surface area contributed by atoms with Crippen LogP contribution in [-0.4, -0.2) is 27.1 Å². The molecule has 0 aliphatic heterocycles. The Kier molecular flexibility index (Phi) is 10.4. The van der Waals surface area contributed by atoms with Crippen LogP contribution in [0.15, 0.2) is 88.7 Å². The molecule has 0 fully saturated rings. The van der Waals surface area contributed by atoms with Gasteiger partial charge in [0.2, 0.25) is 10.0 Å². The van der Waals surface area contributed by atoms with Crippen molar-refractivity contribution in [1.29, 1.82) is 0 Å². The van der Waals surface area contributed by atoms with Crippen LogP contribution < -0.4 is 9.62 Å². The van der Waals surface area contributed by atoms with Crippen molar-refractivity contribution in [3.63, 3.8) is 0 Å². The zero-order chi connectivity index (χ0) is 26.0. The van der Waals surface area contributed by atoms with Crippen LogP contribution in [0.2, 0.25) is 0 Å². The minimum Gasteiger partial charge on any atom is -0.352 e. The number of hydrogen-bond acceptors (Lipinski definition) is 4. The molecule has 1 atom stereocenters. The summed E-state index contributed by atoms with van der Waals surface area (Å²) in [6.45, 7) is 5.20. The summed E-state index contributed by atoms with van der Waals surface area (Å²) >= 11 is 1.53. The first-order chi connectivity index (χ1) is 17.3. The summed E-state index contributed by atoms with van der Waals surface area (Å²) in [6, 6.07) is 24.6. The quantitative estimate of drug-likeness (QED) is 0.269. The fourth-order valence-electron chi connectivity index (χ4n) is 3.96. The number of rotatable bonds is 13. The number of benzene rings is 3. The molecule has 3 rings (SSSR count). The Hall–Kier alpha value is -2.77. The number of amides is 1. The van der Waals surface area contributed by atoms with Crippen LogP contribution in [0.5, 0.6) is 0 Å². The number of carbonyl (C=O) groups is 1. The molecule has 36 heavy (non-hydrogen) atoms. The van der Waals surface area contributed by atoms with E-state index >= 15 is 0 Å². The second kappa shape index (κ2) is 13.5. The average Bonchev–Trinajstić information content (AvgIpc) is 2.88. The lowest BCUT2D eigenvalue weighted by atomic mass is 9.99. The van der Waals surface area contributed by atoms with Gasteiger partial charge in [-0.2, -0.15) is 0 Å². The maximum absolute atomic E-state index is 12.8. The highest BCUT2D eigenvalue weighted by Gasteiger charge is 2.21. The summed E-state index contributed by atoms with van der Waals surface area (Å²) in [5, 5.41) is 3.05. The van der Waals surface area contributed by atoms with Crippen molar-refractivity contribution in [3.05, 3.63) is 90.0 Å². The first kappa shape index (κ1) is 27.8. The predicted octanol–water partition coefficient (Wildman–Crippen LogP) is 6.75. The Morgan fingerprint density at radius 3 is 2.25 bits per heavy atom. The van der Waals surface area contributed by atoms with Crippen LogP contribution in [0.1, 0.15) is 55.5 Å². The minimum absolute atomic E-state index is 0.0962. The molecule has 0 radical (unpaired) electrons. The van der Waals surface area contributed by atoms with Gasteiger partial charge in [-0.25, -0.2) is 8.42 Å². The van der Waals surface area contributed by atoms with Crippen molar-refractivity contribution in [2.45, 2.75) is 55.9 Å². The van der Waals surface area contributed by atoms with E-state index in [1.165, 1.54) is 28.7 Å². The number of hydrogen-bond donors (Lipinski definition) is 1. The summed E-state index contributed by atoms with van der Waals surface area (Å²) in [6.07, 6.45) is 5.72. The molecule has 192 valence electrons. The second-order valence-corrected chi connectivity index (χ2v) is 12.0. The average molecular weight is 525 g/mol. The maximum atomic E-state index is 12.8. The molecule has 0 bridgehead atoms. The highest BCUT2D eigenvalue weighted by atomic mass is 32.2. The molecule has 0 spiro atoms. The van der Waals surface area contributed by atoms with E-state index in [-0.39, 0.29) is 12.5 Å². The first-order valence-electron chi connectivity index (χ1n) is 12.5. The van der Waals surface area contributed by atoms with Crippen molar-refractivity contribution in [1.82, 2.24) is 5.32 Å². The van der Waals surface area contributed by atoms with Gasteiger partial charge in [-0.3, -0.25) is 9.10 Å². The Bertz CT molecular complexity index is 1210. The molecular weight excluding hydrogens is 488 g/mol. The van der Waals surface area contributed by atoms with Crippen LogP contribution >= 0.6 is 11.8 Å². The minimum atomic E-state index is -3.55. The van der Waals surface area contributed by atoms with Crippen LogP contribution in [0.25, 0.3) is 0 Å². The number of nitrogens with zero attached hydrogens (tertiary/aromatic N) is 1. The van der Waals surface area contributed by atoms with Crippen LogP contribution in [0.3, 0.4) is 0 Å². The lowest BCUT2D eigenvalue weighted by Gasteiger charge is -2.25. The van der Waals surface area contributed by atoms with Crippen molar-refractivity contribution in [2.24, 2.45) is 5.92 Å². The van der Waals surface area contributed by atoms with E-state index in [0.717, 1.165) is 34.6 Å². The summed E-state index contributed by atoms with van der Waals surface area (Å²) in [5.74, 6) is 0.395. The third-order valence-corrected chi connectivity index (χ3v) is 8.34. The van der Waals surface area contributed by atoms with Gasteiger partial charge in [0.25, 0.3) is 5.91 Å². The molecule has 1 amide bonds. The van der Waals surface area contributed by atoms with Gasteiger partial charge in [0.05, 0.1) is 18.5 Å². The normalized spacial score (nSPS) is 12.2. The third kappa shape index (κ3) is 8.14. The van der Waals surface area contributed by atoms with Gasteiger partial charge < -0.3 is 5.32 Å². The van der Waals surface area contributed by atoms with Crippen LogP contribution in [-0.2, 0) is 16.6 Å². The van der Waals surface area contributed by atoms with E-state index in [2.05, 4.69) is 19.2 Å². The molecule has 0 heterocycles. The molecule has 0 aliphatic rings. The SMILES string of the molecule is CCCC[C@H](CC)CNC(=O)c1ccc(CN(c2ccccc2Sc2ccccc2)S(C)(=O)=O)cc1. The lowest BCUT2D eigenvalue weighted by Crippen LogP contribution is -2.30. The highest BCUT2D eigenvalue weighted by Crippen LogP contribution is 2.36. The lowest BCUT2D eigenvalue weighted by molar-refractivity contribution is 0.0946. The first-order valence-corrected chi connectivity index (χ1v) is 15.1. The Labute approximate surface area is 220 Å². The summed E-state index contributed by atoms with van der Waals surface area (Å²) in [5.41, 5.74) is 2.02. The van der Waals surface area contributed by atoms with Gasteiger partial charge in [0.15, 0.2) is 0 Å². The van der Waals surface area contributed by atoms with E-state index in [1.807, 2.05) is 66.7 Å². The smallest absolute Gasteiger partial charge is 0.251 e. The van der Waals surface area contributed by atoms with Crippen molar-refractivity contribution < 1.29 is 13.2 Å². The fourth-order valence-corrected chi connectivity index (χ4v) is 5.89. The number of carbonyl (C=O) groups excluding carboxylic acids is 1. The molecule has 3 aromatic rings. The Morgan fingerprint density at radius 1 is 0.944 bits per heavy atom. The van der Waals surface area contributed by atoms with E-state index in [0.29, 0.717) is 23.7 Å². The molecule has 0 aliphatic carbocycles. The molecule has 5 nitrogen and oxygen atoms in total. The highest BCUT2D eigenvalue weighted by molar-refractivity contribution is 7.99. The topological polar surface area (TPSA) is 66.5 Å². The van der Waals surface area contributed by atoms with Gasteiger partial charge in [-0.05, 0) is 54.3 Å². The second-order valence-electron chi connectivity index (χ2n) is 8.98. The number of para-hydroxylation sites is 1. The zero-order valence-electron chi connectivity index (χ0n) is 21.3. The Balaban J connectivity index is 1.74. The molecule has 0 aromatic heterocycles.